The van der Waals surface area contributed by atoms with Gasteiger partial charge in [0.2, 0.25) is 5.91 Å². The van der Waals surface area contributed by atoms with Crippen LogP contribution >= 0.6 is 0 Å². The van der Waals surface area contributed by atoms with E-state index in [4.69, 9.17) is 0 Å². The van der Waals surface area contributed by atoms with Gasteiger partial charge in [-0.1, -0.05) is 56.0 Å². The average Bonchev–Trinajstić information content (AvgIpc) is 2.85. The number of quaternary nitrogens is 1. The lowest BCUT2D eigenvalue weighted by molar-refractivity contribution is -0.919. The molecule has 1 aromatic rings. The molecule has 3 rings (SSSR count). The van der Waals surface area contributed by atoms with Crippen molar-refractivity contribution in [3.05, 3.63) is 35.9 Å². The number of carbonyl (C=O) groups excluding carboxylic acids is 1. The topological polar surface area (TPSA) is 33.5 Å². The van der Waals surface area contributed by atoms with E-state index < -0.39 is 0 Å². The number of carbonyl (C=O) groups is 1. The molecule has 3 heteroatoms. The minimum atomic E-state index is 0.248. The van der Waals surface area contributed by atoms with E-state index in [1.54, 1.807) is 4.90 Å². The molecule has 0 radical (unpaired) electrons. The molecule has 1 amide bonds. The first kappa shape index (κ1) is 16.5. The van der Waals surface area contributed by atoms with Crippen LogP contribution in [0.4, 0.5) is 0 Å². The van der Waals surface area contributed by atoms with Crippen molar-refractivity contribution in [3.8, 4) is 0 Å². The van der Waals surface area contributed by atoms with Crippen LogP contribution in [0.2, 0.25) is 0 Å². The Morgan fingerprint density at radius 2 is 1.61 bits per heavy atom. The predicted molar refractivity (Wildman–Crippen MR) is 93.2 cm³/mol. The zero-order chi connectivity index (χ0) is 15.9. The van der Waals surface area contributed by atoms with Gasteiger partial charge in [0.05, 0.1) is 13.1 Å². The molecule has 1 saturated heterocycles. The van der Waals surface area contributed by atoms with Gasteiger partial charge in [-0.3, -0.25) is 4.79 Å². The summed E-state index contributed by atoms with van der Waals surface area (Å²) in [6, 6.07) is 11.2. The Balaban J connectivity index is 1.42. The molecule has 1 aliphatic carbocycles. The molecule has 23 heavy (non-hydrogen) atoms. The molecule has 2 aliphatic rings. The van der Waals surface area contributed by atoms with Crippen LogP contribution in [0.3, 0.4) is 0 Å². The minimum Gasteiger partial charge on any atom is -0.353 e. The van der Waals surface area contributed by atoms with E-state index in [9.17, 15) is 4.79 Å². The van der Waals surface area contributed by atoms with E-state index in [-0.39, 0.29) is 5.92 Å². The van der Waals surface area contributed by atoms with Crippen LogP contribution in [-0.2, 0) is 11.3 Å². The van der Waals surface area contributed by atoms with Gasteiger partial charge in [0.25, 0.3) is 0 Å². The van der Waals surface area contributed by atoms with Crippen LogP contribution in [0.15, 0.2) is 30.3 Å². The summed E-state index contributed by atoms with van der Waals surface area (Å²) in [4.78, 5) is 14.1. The average molecular weight is 315 g/mol. The third-order valence-corrected chi connectivity index (χ3v) is 5.56. The minimum absolute atomic E-state index is 0.248. The Labute approximate surface area is 140 Å². The predicted octanol–water partition coefficient (Wildman–Crippen LogP) is 2.32. The normalized spacial score (nSPS) is 26.4. The van der Waals surface area contributed by atoms with E-state index in [0.717, 1.165) is 32.5 Å². The lowest BCUT2D eigenvalue weighted by Crippen LogP contribution is -3.11. The zero-order valence-corrected chi connectivity index (χ0v) is 14.2. The van der Waals surface area contributed by atoms with Crippen LogP contribution in [0.25, 0.3) is 0 Å². The summed E-state index contributed by atoms with van der Waals surface area (Å²) in [5.41, 5.74) is 1.41. The van der Waals surface area contributed by atoms with Gasteiger partial charge in [0, 0.05) is 30.4 Å². The number of hydrogen-bond donors (Lipinski definition) is 2. The Morgan fingerprint density at radius 1 is 0.957 bits per heavy atom. The van der Waals surface area contributed by atoms with Crippen LogP contribution in [0, 0.1) is 5.92 Å². The molecular formula is C20H31N2O+. The summed E-state index contributed by atoms with van der Waals surface area (Å²) < 4.78 is 0. The van der Waals surface area contributed by atoms with Crippen molar-refractivity contribution >= 4 is 5.91 Å². The van der Waals surface area contributed by atoms with Gasteiger partial charge in [0.15, 0.2) is 0 Å². The number of hydrogen-bond acceptors (Lipinski definition) is 1. The molecule has 3 nitrogen and oxygen atoms in total. The highest BCUT2D eigenvalue weighted by molar-refractivity contribution is 5.79. The summed E-state index contributed by atoms with van der Waals surface area (Å²) in [7, 11) is 0. The Hall–Kier alpha value is -1.35. The number of piperidine rings is 1. The van der Waals surface area contributed by atoms with Gasteiger partial charge >= 0.3 is 0 Å². The van der Waals surface area contributed by atoms with E-state index in [1.807, 2.05) is 0 Å². The van der Waals surface area contributed by atoms with Gasteiger partial charge in [-0.05, 0) is 12.8 Å². The maximum atomic E-state index is 12.5. The van der Waals surface area contributed by atoms with Gasteiger partial charge in [0.1, 0.15) is 6.54 Å². The van der Waals surface area contributed by atoms with Crippen LogP contribution in [0.1, 0.15) is 56.9 Å². The highest BCUT2D eigenvalue weighted by Crippen LogP contribution is 2.18. The van der Waals surface area contributed by atoms with Crippen molar-refractivity contribution < 1.29 is 9.69 Å². The van der Waals surface area contributed by atoms with Gasteiger partial charge in [-0.15, -0.1) is 0 Å². The van der Waals surface area contributed by atoms with E-state index in [2.05, 4.69) is 35.6 Å². The highest BCUT2D eigenvalue weighted by Gasteiger charge is 2.28. The van der Waals surface area contributed by atoms with Crippen molar-refractivity contribution in [2.24, 2.45) is 5.92 Å². The number of rotatable bonds is 4. The van der Waals surface area contributed by atoms with Crippen molar-refractivity contribution in [1.82, 2.24) is 5.32 Å². The smallest absolute Gasteiger partial charge is 0.223 e. The summed E-state index contributed by atoms with van der Waals surface area (Å²) in [6.45, 7) is 3.34. The fourth-order valence-electron chi connectivity index (χ4n) is 4.09. The lowest BCUT2D eigenvalue weighted by Gasteiger charge is -2.29. The first-order chi connectivity index (χ1) is 11.3. The zero-order valence-electron chi connectivity index (χ0n) is 14.2. The SMILES string of the molecule is O=C(NC1CCCCCC1)C1CC[NH+](Cc2ccccc2)CC1. The van der Waals surface area contributed by atoms with Crippen LogP contribution < -0.4 is 10.2 Å². The third kappa shape index (κ3) is 5.07. The highest BCUT2D eigenvalue weighted by atomic mass is 16.1. The summed E-state index contributed by atoms with van der Waals surface area (Å²) in [5, 5.41) is 3.34. The molecule has 2 N–H and O–H groups in total. The van der Waals surface area contributed by atoms with Crippen LogP contribution in [-0.4, -0.2) is 25.0 Å². The summed E-state index contributed by atoms with van der Waals surface area (Å²) in [6.07, 6.45) is 9.70. The molecule has 0 unspecified atom stereocenters. The number of amides is 1. The fourth-order valence-corrected chi connectivity index (χ4v) is 4.09. The first-order valence-corrected chi connectivity index (χ1v) is 9.49. The van der Waals surface area contributed by atoms with Gasteiger partial charge in [-0.25, -0.2) is 0 Å². The van der Waals surface area contributed by atoms with Crippen molar-refractivity contribution in [3.63, 3.8) is 0 Å². The maximum absolute atomic E-state index is 12.5. The molecule has 0 atom stereocenters. The van der Waals surface area contributed by atoms with Crippen molar-refractivity contribution in [2.45, 2.75) is 64.0 Å². The second-order valence-corrected chi connectivity index (χ2v) is 7.38. The molecule has 0 bridgehead atoms. The Morgan fingerprint density at radius 3 is 2.26 bits per heavy atom. The Kier molecular flexibility index (Phi) is 6.09. The van der Waals surface area contributed by atoms with E-state index in [0.29, 0.717) is 11.9 Å². The molecule has 0 spiro atoms. The molecule has 1 heterocycles. The lowest BCUT2D eigenvalue weighted by atomic mass is 9.94. The van der Waals surface area contributed by atoms with Crippen LogP contribution in [0.5, 0.6) is 0 Å². The molecular weight excluding hydrogens is 284 g/mol. The van der Waals surface area contributed by atoms with E-state index >= 15 is 0 Å². The standard InChI is InChI=1S/C20H30N2O/c23-20(21-19-10-6-1-2-7-11-19)18-12-14-22(15-13-18)16-17-8-4-3-5-9-17/h3-5,8-9,18-19H,1-2,6-7,10-16H2,(H,21,23)/p+1. The monoisotopic (exact) mass is 315 g/mol. The summed E-state index contributed by atoms with van der Waals surface area (Å²) >= 11 is 0. The maximum Gasteiger partial charge on any atom is 0.223 e. The largest absolute Gasteiger partial charge is 0.353 e. The first-order valence-electron chi connectivity index (χ1n) is 9.49. The molecule has 1 saturated carbocycles. The van der Waals surface area contributed by atoms with Gasteiger partial charge in [-0.2, -0.15) is 0 Å². The van der Waals surface area contributed by atoms with Crippen molar-refractivity contribution in [1.29, 1.82) is 0 Å². The second kappa shape index (κ2) is 8.49. The second-order valence-electron chi connectivity index (χ2n) is 7.38. The Bertz CT molecular complexity index is 472. The molecule has 1 aliphatic heterocycles. The quantitative estimate of drug-likeness (QED) is 0.822. The van der Waals surface area contributed by atoms with E-state index in [1.165, 1.54) is 44.1 Å². The molecule has 2 fully saturated rings. The summed E-state index contributed by atoms with van der Waals surface area (Å²) in [5.74, 6) is 0.577. The molecule has 126 valence electrons. The van der Waals surface area contributed by atoms with Crippen molar-refractivity contribution in [2.75, 3.05) is 13.1 Å². The third-order valence-electron chi connectivity index (χ3n) is 5.56. The number of benzene rings is 1. The number of likely N-dealkylation sites (tertiary alicyclic amines) is 1. The molecule has 0 aromatic heterocycles. The number of nitrogens with one attached hydrogen (secondary N) is 2. The van der Waals surface area contributed by atoms with Gasteiger partial charge < -0.3 is 10.2 Å². The molecule has 1 aromatic carbocycles. The fraction of sp³-hybridized carbons (Fsp3) is 0.650.